The lowest BCUT2D eigenvalue weighted by molar-refractivity contribution is -0.118. The molecule has 0 spiro atoms. The van der Waals surface area contributed by atoms with Crippen LogP contribution in [0, 0.1) is 6.92 Å². The number of unbranched alkanes of at least 4 members (excludes halogenated alkanes) is 1. The third kappa shape index (κ3) is 4.55. The summed E-state index contributed by atoms with van der Waals surface area (Å²) in [5, 5.41) is 10.6. The van der Waals surface area contributed by atoms with Crippen LogP contribution in [0.5, 0.6) is 0 Å². The van der Waals surface area contributed by atoms with E-state index in [1.165, 1.54) is 0 Å². The van der Waals surface area contributed by atoms with Crippen LogP contribution in [0.2, 0.25) is 0 Å². The van der Waals surface area contributed by atoms with Crippen molar-refractivity contribution in [2.75, 3.05) is 6.54 Å². The fourth-order valence-electron chi connectivity index (χ4n) is 1.17. The van der Waals surface area contributed by atoms with Crippen LogP contribution in [0.1, 0.15) is 30.7 Å². The van der Waals surface area contributed by atoms with Gasteiger partial charge in [-0.15, -0.1) is 0 Å². The summed E-state index contributed by atoms with van der Waals surface area (Å²) in [5.74, 6) is -0.244. The summed E-state index contributed by atoms with van der Waals surface area (Å²) >= 11 is 0. The molecule has 0 aliphatic carbocycles. The Morgan fingerprint density at radius 1 is 1.47 bits per heavy atom. The summed E-state index contributed by atoms with van der Waals surface area (Å²) < 4.78 is 4.55. The van der Waals surface area contributed by atoms with Gasteiger partial charge < -0.3 is 11.1 Å². The molecule has 15 heavy (non-hydrogen) atoms. The van der Waals surface area contributed by atoms with Gasteiger partial charge in [0.15, 0.2) is 0 Å². The van der Waals surface area contributed by atoms with Gasteiger partial charge in [0.1, 0.15) is 11.4 Å². The Balaban J connectivity index is 2.03. The Morgan fingerprint density at radius 3 is 2.87 bits per heavy atom. The van der Waals surface area contributed by atoms with E-state index in [4.69, 9.17) is 5.73 Å². The van der Waals surface area contributed by atoms with Crippen molar-refractivity contribution in [3.63, 3.8) is 0 Å². The quantitative estimate of drug-likeness (QED) is 0.626. The number of hydrogen-bond donors (Lipinski definition) is 2. The van der Waals surface area contributed by atoms with E-state index in [1.54, 1.807) is 0 Å². The van der Waals surface area contributed by atoms with Crippen LogP contribution in [0.25, 0.3) is 0 Å². The molecule has 0 saturated carbocycles. The van der Waals surface area contributed by atoms with Crippen molar-refractivity contribution in [1.82, 2.24) is 15.6 Å². The lowest BCUT2D eigenvalue weighted by Gasteiger charge is -2.01. The number of aromatic nitrogens is 2. The van der Waals surface area contributed by atoms with Crippen LogP contribution in [0.3, 0.4) is 0 Å². The Labute approximate surface area is 88.2 Å². The summed E-state index contributed by atoms with van der Waals surface area (Å²) in [5.41, 5.74) is 6.64. The maximum Gasteiger partial charge on any atom is 0.217 e. The lowest BCUT2D eigenvalue weighted by Crippen LogP contribution is -2.16. The number of nitrogens with one attached hydrogen (secondary N) is 1. The predicted octanol–water partition coefficient (Wildman–Crippen LogP) is 0.123. The van der Waals surface area contributed by atoms with Gasteiger partial charge >= 0.3 is 0 Å². The van der Waals surface area contributed by atoms with E-state index in [9.17, 15) is 4.79 Å². The largest absolute Gasteiger partial charge is 0.370 e. The van der Waals surface area contributed by atoms with Crippen molar-refractivity contribution in [2.24, 2.45) is 5.73 Å². The zero-order valence-corrected chi connectivity index (χ0v) is 8.82. The van der Waals surface area contributed by atoms with E-state index in [0.717, 1.165) is 30.8 Å². The van der Waals surface area contributed by atoms with Crippen molar-refractivity contribution in [3.05, 3.63) is 11.4 Å². The van der Waals surface area contributed by atoms with E-state index in [0.29, 0.717) is 13.0 Å². The molecular formula is C9H16N4O2. The molecule has 6 heteroatoms. The summed E-state index contributed by atoms with van der Waals surface area (Å²) in [6.07, 6.45) is 2.19. The van der Waals surface area contributed by atoms with Crippen molar-refractivity contribution >= 4 is 5.91 Å². The monoisotopic (exact) mass is 212 g/mol. The second-order valence-electron chi connectivity index (χ2n) is 3.40. The first-order valence-corrected chi connectivity index (χ1v) is 4.97. The first-order chi connectivity index (χ1) is 7.20. The minimum Gasteiger partial charge on any atom is -0.370 e. The van der Waals surface area contributed by atoms with E-state index in [-0.39, 0.29) is 5.91 Å². The Hall–Kier alpha value is -1.43. The zero-order valence-electron chi connectivity index (χ0n) is 8.82. The molecule has 0 aliphatic heterocycles. The summed E-state index contributed by atoms with van der Waals surface area (Å²) in [7, 11) is 0. The smallest absolute Gasteiger partial charge is 0.217 e. The molecule has 1 amide bonds. The highest BCUT2D eigenvalue weighted by Crippen LogP contribution is 1.99. The number of amides is 1. The number of rotatable bonds is 7. The van der Waals surface area contributed by atoms with E-state index >= 15 is 0 Å². The molecule has 0 unspecified atom stereocenters. The Kier molecular flexibility index (Phi) is 4.76. The molecule has 0 saturated heterocycles. The molecule has 0 radical (unpaired) electrons. The number of carbonyl (C=O) groups is 1. The number of aryl methyl sites for hydroxylation is 1. The average Bonchev–Trinajstić information content (AvgIpc) is 2.57. The molecule has 0 fully saturated rings. The van der Waals surface area contributed by atoms with Crippen molar-refractivity contribution in [2.45, 2.75) is 32.7 Å². The highest BCUT2D eigenvalue weighted by Gasteiger charge is 2.03. The van der Waals surface area contributed by atoms with E-state index < -0.39 is 0 Å². The average molecular weight is 212 g/mol. The van der Waals surface area contributed by atoms with Gasteiger partial charge in [0.05, 0.1) is 0 Å². The SMILES string of the molecule is Cc1nonc1CNCCCCC(N)=O. The van der Waals surface area contributed by atoms with Gasteiger partial charge in [0.25, 0.3) is 0 Å². The maximum atomic E-state index is 10.4. The number of primary amides is 1. The maximum absolute atomic E-state index is 10.4. The van der Waals surface area contributed by atoms with Crippen molar-refractivity contribution in [1.29, 1.82) is 0 Å². The molecule has 3 N–H and O–H groups in total. The van der Waals surface area contributed by atoms with Gasteiger partial charge in [0.2, 0.25) is 5.91 Å². The molecule has 0 atom stereocenters. The van der Waals surface area contributed by atoms with Crippen LogP contribution in [0.4, 0.5) is 0 Å². The molecule has 0 bridgehead atoms. The molecule has 1 aromatic heterocycles. The number of nitrogens with zero attached hydrogens (tertiary/aromatic N) is 2. The van der Waals surface area contributed by atoms with E-state index in [1.807, 2.05) is 6.92 Å². The third-order valence-electron chi connectivity index (χ3n) is 2.07. The number of nitrogens with two attached hydrogens (primary N) is 1. The predicted molar refractivity (Wildman–Crippen MR) is 53.8 cm³/mol. The first kappa shape index (κ1) is 11.6. The van der Waals surface area contributed by atoms with Gasteiger partial charge in [0, 0.05) is 13.0 Å². The molecule has 84 valence electrons. The molecule has 1 aromatic rings. The van der Waals surface area contributed by atoms with Gasteiger partial charge in [-0.25, -0.2) is 4.63 Å². The topological polar surface area (TPSA) is 94.0 Å². The molecule has 1 heterocycles. The highest BCUT2D eigenvalue weighted by atomic mass is 16.6. The summed E-state index contributed by atoms with van der Waals surface area (Å²) in [6.45, 7) is 3.33. The lowest BCUT2D eigenvalue weighted by atomic mass is 10.2. The second kappa shape index (κ2) is 6.13. The first-order valence-electron chi connectivity index (χ1n) is 4.97. The van der Waals surface area contributed by atoms with Crippen LogP contribution in [-0.2, 0) is 11.3 Å². The molecule has 1 rings (SSSR count). The van der Waals surface area contributed by atoms with Crippen molar-refractivity contribution in [3.8, 4) is 0 Å². The Morgan fingerprint density at radius 2 is 2.27 bits per heavy atom. The third-order valence-corrected chi connectivity index (χ3v) is 2.07. The van der Waals surface area contributed by atoms with Crippen LogP contribution in [0.15, 0.2) is 4.63 Å². The molecular weight excluding hydrogens is 196 g/mol. The number of carbonyl (C=O) groups excluding carboxylic acids is 1. The van der Waals surface area contributed by atoms with Crippen LogP contribution >= 0.6 is 0 Å². The molecule has 0 aromatic carbocycles. The zero-order chi connectivity index (χ0) is 11.1. The van der Waals surface area contributed by atoms with Crippen LogP contribution in [-0.4, -0.2) is 22.8 Å². The molecule has 0 aliphatic rings. The van der Waals surface area contributed by atoms with Gasteiger partial charge in [-0.3, -0.25) is 4.79 Å². The van der Waals surface area contributed by atoms with Gasteiger partial charge in [-0.1, -0.05) is 10.3 Å². The second-order valence-corrected chi connectivity index (χ2v) is 3.40. The minimum atomic E-state index is -0.244. The fraction of sp³-hybridized carbons (Fsp3) is 0.667. The minimum absolute atomic E-state index is 0.244. The fourth-order valence-corrected chi connectivity index (χ4v) is 1.17. The van der Waals surface area contributed by atoms with E-state index in [2.05, 4.69) is 20.3 Å². The van der Waals surface area contributed by atoms with Crippen LogP contribution < -0.4 is 11.1 Å². The normalized spacial score (nSPS) is 10.5. The number of hydrogen-bond acceptors (Lipinski definition) is 5. The van der Waals surface area contributed by atoms with Gasteiger partial charge in [-0.2, -0.15) is 0 Å². The molecule has 6 nitrogen and oxygen atoms in total. The van der Waals surface area contributed by atoms with Crippen molar-refractivity contribution < 1.29 is 9.42 Å². The summed E-state index contributed by atoms with van der Waals surface area (Å²) in [6, 6.07) is 0. The van der Waals surface area contributed by atoms with Gasteiger partial charge in [-0.05, 0) is 26.3 Å². The highest BCUT2D eigenvalue weighted by molar-refractivity contribution is 5.73. The summed E-state index contributed by atoms with van der Waals surface area (Å²) in [4.78, 5) is 10.4. The standard InChI is InChI=1S/C9H16N4O2/c1-7-8(13-15-12-7)6-11-5-3-2-4-9(10)14/h11H,2-6H2,1H3,(H2,10,14). The Bertz CT molecular complexity index is 311.